The molecule has 0 atom stereocenters. The van der Waals surface area contributed by atoms with Crippen molar-refractivity contribution in [3.8, 4) is 5.75 Å². The number of halogens is 2. The Balaban J connectivity index is 2.59. The lowest BCUT2D eigenvalue weighted by Gasteiger charge is -2.17. The number of hydrogen-bond donors (Lipinski definition) is 0. The molecule has 0 spiro atoms. The lowest BCUT2D eigenvalue weighted by molar-refractivity contribution is 0.357. The van der Waals surface area contributed by atoms with Crippen LogP contribution in [0.25, 0.3) is 4.48 Å². The van der Waals surface area contributed by atoms with E-state index in [1.807, 2.05) is 18.2 Å². The fourth-order valence-corrected chi connectivity index (χ4v) is 2.01. The molecule has 1 aliphatic rings. The van der Waals surface area contributed by atoms with Gasteiger partial charge in [0.2, 0.25) is 0 Å². The van der Waals surface area contributed by atoms with E-state index in [2.05, 4.69) is 44.6 Å². The molecule has 62 valence electrons. The largest absolute Gasteiger partial charge is 0.488 e. The summed E-state index contributed by atoms with van der Waals surface area (Å²) in [6, 6.07) is 8.03. The minimum atomic E-state index is 0.679. The first-order chi connectivity index (χ1) is 5.79. The minimum Gasteiger partial charge on any atom is -0.488 e. The van der Waals surface area contributed by atoms with Gasteiger partial charge in [-0.05, 0) is 44.6 Å². The highest BCUT2D eigenvalue weighted by Gasteiger charge is 2.15. The molecule has 3 heteroatoms. The quantitative estimate of drug-likeness (QED) is 0.658. The highest BCUT2D eigenvalue weighted by molar-refractivity contribution is 14.1. The monoisotopic (exact) mass is 336 g/mol. The molecule has 0 saturated carbocycles. The molecule has 0 bridgehead atoms. The number of benzene rings is 1. The van der Waals surface area contributed by atoms with Gasteiger partial charge in [0, 0.05) is 13.6 Å². The van der Waals surface area contributed by atoms with Gasteiger partial charge >= 0.3 is 0 Å². The van der Waals surface area contributed by atoms with E-state index < -0.39 is 0 Å². The van der Waals surface area contributed by atoms with Crippen molar-refractivity contribution in [2.75, 3.05) is 6.61 Å². The van der Waals surface area contributed by atoms with Crippen molar-refractivity contribution in [3.63, 3.8) is 0 Å². The van der Waals surface area contributed by atoms with Gasteiger partial charge in [0.25, 0.3) is 0 Å². The third-order valence-corrected chi connectivity index (χ3v) is 4.21. The highest BCUT2D eigenvalue weighted by Crippen LogP contribution is 2.38. The number of ether oxygens (including phenoxy) is 1. The van der Waals surface area contributed by atoms with E-state index in [-0.39, 0.29) is 0 Å². The summed E-state index contributed by atoms with van der Waals surface area (Å²) in [5, 5.41) is 0. The molecule has 0 radical (unpaired) electrons. The van der Waals surface area contributed by atoms with E-state index >= 15 is 0 Å². The van der Waals surface area contributed by atoms with E-state index in [0.717, 1.165) is 15.8 Å². The summed E-state index contributed by atoms with van der Waals surface area (Å²) in [6.07, 6.45) is 0. The summed E-state index contributed by atoms with van der Waals surface area (Å²) in [7, 11) is 0. The average Bonchev–Trinajstić information content (AvgIpc) is 2.12. The van der Waals surface area contributed by atoms with Crippen LogP contribution in [-0.2, 0) is 0 Å². The Hall–Kier alpha value is -0.0300. The Morgan fingerprint density at radius 2 is 2.08 bits per heavy atom. The number of rotatable bonds is 0. The zero-order chi connectivity index (χ0) is 8.55. The van der Waals surface area contributed by atoms with Crippen molar-refractivity contribution in [2.24, 2.45) is 0 Å². The molecule has 1 nitrogen and oxygen atoms in total. The molecule has 2 rings (SSSR count). The lowest BCUT2D eigenvalue weighted by atomic mass is 10.1. The molecule has 1 aromatic rings. The normalized spacial score (nSPS) is 15.5. The van der Waals surface area contributed by atoms with Gasteiger partial charge in [0.15, 0.2) is 0 Å². The molecule has 1 aromatic carbocycles. The van der Waals surface area contributed by atoms with Crippen LogP contribution in [0.1, 0.15) is 5.56 Å². The van der Waals surface area contributed by atoms with Crippen LogP contribution in [0, 0.1) is 0 Å². The second-order valence-corrected chi connectivity index (χ2v) is 4.60. The molecule has 0 aromatic heterocycles. The molecule has 0 N–H and O–H groups in total. The predicted molar refractivity (Wildman–Crippen MR) is 61.8 cm³/mol. The van der Waals surface area contributed by atoms with Gasteiger partial charge in [-0.15, -0.1) is 0 Å². The topological polar surface area (TPSA) is 9.23 Å². The Bertz CT molecular complexity index is 346. The van der Waals surface area contributed by atoms with Gasteiger partial charge in [-0.3, -0.25) is 0 Å². The van der Waals surface area contributed by atoms with Gasteiger partial charge < -0.3 is 4.74 Å². The molecule has 0 amide bonds. The minimum absolute atomic E-state index is 0.679. The van der Waals surface area contributed by atoms with Crippen molar-refractivity contribution < 1.29 is 4.74 Å². The highest BCUT2D eigenvalue weighted by atomic mass is 127. The molecule has 0 fully saturated rings. The van der Waals surface area contributed by atoms with Gasteiger partial charge in [-0.1, -0.05) is 18.2 Å². The molecule has 1 aliphatic heterocycles. The number of fused-ring (bicyclic) bond motifs is 1. The Labute approximate surface area is 93.1 Å². The van der Waals surface area contributed by atoms with Gasteiger partial charge in [0.1, 0.15) is 12.4 Å². The second kappa shape index (κ2) is 3.38. The number of hydrogen-bond acceptors (Lipinski definition) is 1. The zero-order valence-electron chi connectivity index (χ0n) is 6.18. The SMILES string of the molecule is BrC1=C(I)COc2ccccc21. The molecule has 0 saturated heterocycles. The van der Waals surface area contributed by atoms with Crippen molar-refractivity contribution in [1.29, 1.82) is 0 Å². The fourth-order valence-electron chi connectivity index (χ4n) is 1.12. The fraction of sp³-hybridized carbons (Fsp3) is 0.111. The summed E-state index contributed by atoms with van der Waals surface area (Å²) in [5.74, 6) is 0.963. The van der Waals surface area contributed by atoms with Crippen LogP contribution in [0.3, 0.4) is 0 Å². The van der Waals surface area contributed by atoms with Crippen molar-refractivity contribution in [2.45, 2.75) is 0 Å². The van der Waals surface area contributed by atoms with Crippen molar-refractivity contribution in [1.82, 2.24) is 0 Å². The molecular weight excluding hydrogens is 331 g/mol. The first-order valence-corrected chi connectivity index (χ1v) is 5.42. The second-order valence-electron chi connectivity index (χ2n) is 2.50. The molecule has 0 unspecified atom stereocenters. The van der Waals surface area contributed by atoms with Crippen LogP contribution in [0.5, 0.6) is 5.75 Å². The Morgan fingerprint density at radius 3 is 2.92 bits per heavy atom. The zero-order valence-corrected chi connectivity index (χ0v) is 9.92. The maximum Gasteiger partial charge on any atom is 0.128 e. The smallest absolute Gasteiger partial charge is 0.128 e. The van der Waals surface area contributed by atoms with Gasteiger partial charge in [0.05, 0.1) is 0 Å². The van der Waals surface area contributed by atoms with E-state index in [4.69, 9.17) is 4.74 Å². The molecular formula is C9H6BrIO. The predicted octanol–water partition coefficient (Wildman–Crippen LogP) is 3.58. The van der Waals surface area contributed by atoms with E-state index in [9.17, 15) is 0 Å². The Morgan fingerprint density at radius 1 is 1.33 bits per heavy atom. The maximum absolute atomic E-state index is 5.51. The van der Waals surface area contributed by atoms with Crippen LogP contribution in [0.15, 0.2) is 27.8 Å². The summed E-state index contributed by atoms with van der Waals surface area (Å²) < 4.78 is 7.88. The summed E-state index contributed by atoms with van der Waals surface area (Å²) >= 11 is 5.83. The van der Waals surface area contributed by atoms with Crippen molar-refractivity contribution in [3.05, 3.63) is 33.4 Å². The van der Waals surface area contributed by atoms with Crippen LogP contribution >= 0.6 is 38.5 Å². The van der Waals surface area contributed by atoms with Crippen molar-refractivity contribution >= 4 is 43.0 Å². The third-order valence-electron chi connectivity index (χ3n) is 1.72. The molecule has 1 heterocycles. The van der Waals surface area contributed by atoms with Crippen LogP contribution < -0.4 is 4.74 Å². The summed E-state index contributed by atoms with van der Waals surface area (Å²) in [6.45, 7) is 0.679. The lowest BCUT2D eigenvalue weighted by Crippen LogP contribution is -2.05. The van der Waals surface area contributed by atoms with E-state index in [0.29, 0.717) is 6.61 Å². The van der Waals surface area contributed by atoms with E-state index in [1.54, 1.807) is 0 Å². The average molecular weight is 337 g/mol. The summed E-state index contributed by atoms with van der Waals surface area (Å²) in [4.78, 5) is 0. The van der Waals surface area contributed by atoms with E-state index in [1.165, 1.54) is 3.58 Å². The van der Waals surface area contributed by atoms with Gasteiger partial charge in [-0.2, -0.15) is 0 Å². The first kappa shape index (κ1) is 8.56. The van der Waals surface area contributed by atoms with Crippen LogP contribution in [-0.4, -0.2) is 6.61 Å². The van der Waals surface area contributed by atoms with Crippen LogP contribution in [0.4, 0.5) is 0 Å². The van der Waals surface area contributed by atoms with Crippen LogP contribution in [0.2, 0.25) is 0 Å². The Kier molecular flexibility index (Phi) is 2.41. The summed E-state index contributed by atoms with van der Waals surface area (Å²) in [5.41, 5.74) is 1.15. The first-order valence-electron chi connectivity index (χ1n) is 3.55. The third kappa shape index (κ3) is 1.40. The number of para-hydroxylation sites is 1. The molecule has 12 heavy (non-hydrogen) atoms. The standard InChI is InChI=1S/C9H6BrIO/c10-9-6-3-1-2-4-8(6)12-5-7(9)11/h1-4H,5H2. The maximum atomic E-state index is 5.51. The van der Waals surface area contributed by atoms with Gasteiger partial charge in [-0.25, -0.2) is 0 Å². The molecule has 0 aliphatic carbocycles.